The molecule has 204 valence electrons. The van der Waals surface area contributed by atoms with Crippen molar-refractivity contribution in [3.05, 3.63) is 63.4 Å². The number of rotatable bonds is 6. The fraction of sp³-hybridized carbons (Fsp3) is 0.500. The highest BCUT2D eigenvalue weighted by molar-refractivity contribution is 6.31. The third-order valence-corrected chi connectivity index (χ3v) is 8.47. The Bertz CT molecular complexity index is 1260. The highest BCUT2D eigenvalue weighted by Crippen LogP contribution is 2.57. The van der Waals surface area contributed by atoms with E-state index in [4.69, 9.17) is 23.2 Å². The minimum absolute atomic E-state index is 0.0521. The van der Waals surface area contributed by atoms with Crippen LogP contribution in [-0.2, 0) is 15.0 Å². The summed E-state index contributed by atoms with van der Waals surface area (Å²) < 4.78 is 15.8. The monoisotopic (exact) mass is 562 g/mol. The lowest BCUT2D eigenvalue weighted by molar-refractivity contribution is -0.125. The maximum Gasteiger partial charge on any atom is 0.238 e. The van der Waals surface area contributed by atoms with Gasteiger partial charge in [0.2, 0.25) is 11.8 Å². The largest absolute Gasteiger partial charge is 0.395 e. The third-order valence-electron chi connectivity index (χ3n) is 7.94. The topological polar surface area (TPSA) is 93.7 Å². The normalized spacial score (nSPS) is 27.3. The van der Waals surface area contributed by atoms with Crippen molar-refractivity contribution >= 4 is 40.7 Å². The summed E-state index contributed by atoms with van der Waals surface area (Å²) in [6.45, 7) is 8.05. The molecule has 3 aliphatic heterocycles. The average molecular weight is 564 g/mol. The SMILES string of the molecule is CC(C)(C)C[C@H]1N[C@@H](C(=O)NC2CN(CCO)C2)[C@H](c2cccc(Cl)c2F)[C@@]12C(=O)Nc1cc(Cl)ccc12. The van der Waals surface area contributed by atoms with Crippen molar-refractivity contribution < 1.29 is 19.1 Å². The van der Waals surface area contributed by atoms with Crippen LogP contribution in [0.2, 0.25) is 10.0 Å². The molecule has 4 atom stereocenters. The van der Waals surface area contributed by atoms with Gasteiger partial charge in [0.05, 0.1) is 23.7 Å². The van der Waals surface area contributed by atoms with Gasteiger partial charge < -0.3 is 21.1 Å². The van der Waals surface area contributed by atoms with Gasteiger partial charge in [0, 0.05) is 42.3 Å². The Labute approximate surface area is 232 Å². The van der Waals surface area contributed by atoms with Crippen LogP contribution in [0.5, 0.6) is 0 Å². The number of carbonyl (C=O) groups is 2. The molecule has 2 aromatic rings. The number of amides is 2. The van der Waals surface area contributed by atoms with E-state index >= 15 is 4.39 Å². The Morgan fingerprint density at radius 2 is 1.97 bits per heavy atom. The van der Waals surface area contributed by atoms with Gasteiger partial charge in [-0.15, -0.1) is 0 Å². The number of carbonyl (C=O) groups excluding carboxylic acids is 2. The minimum Gasteiger partial charge on any atom is -0.395 e. The first kappa shape index (κ1) is 27.3. The van der Waals surface area contributed by atoms with E-state index in [1.54, 1.807) is 30.3 Å². The van der Waals surface area contributed by atoms with Crippen molar-refractivity contribution in [1.29, 1.82) is 0 Å². The Balaban J connectivity index is 1.64. The first-order chi connectivity index (χ1) is 18.0. The number of nitrogens with zero attached hydrogens (tertiary/aromatic N) is 1. The summed E-state index contributed by atoms with van der Waals surface area (Å²) in [6, 6.07) is 8.48. The Kier molecular flexibility index (Phi) is 7.24. The van der Waals surface area contributed by atoms with E-state index in [2.05, 4.69) is 36.7 Å². The van der Waals surface area contributed by atoms with E-state index in [9.17, 15) is 14.7 Å². The van der Waals surface area contributed by atoms with Gasteiger partial charge in [-0.25, -0.2) is 4.39 Å². The fourth-order valence-corrected chi connectivity index (χ4v) is 6.78. The van der Waals surface area contributed by atoms with Crippen LogP contribution in [0.3, 0.4) is 0 Å². The van der Waals surface area contributed by atoms with Gasteiger partial charge >= 0.3 is 0 Å². The molecule has 10 heteroatoms. The third kappa shape index (κ3) is 4.60. The highest BCUT2D eigenvalue weighted by Gasteiger charge is 2.66. The first-order valence-corrected chi connectivity index (χ1v) is 13.7. The van der Waals surface area contributed by atoms with Gasteiger partial charge in [0.15, 0.2) is 0 Å². The summed E-state index contributed by atoms with van der Waals surface area (Å²) in [7, 11) is 0. The van der Waals surface area contributed by atoms with E-state index in [0.717, 1.165) is 0 Å². The Morgan fingerprint density at radius 3 is 2.66 bits per heavy atom. The molecule has 0 aromatic heterocycles. The highest BCUT2D eigenvalue weighted by atomic mass is 35.5. The smallest absolute Gasteiger partial charge is 0.238 e. The number of hydrogen-bond acceptors (Lipinski definition) is 5. The molecule has 2 aromatic carbocycles. The number of β-amino-alcohol motifs (C(OH)–C–C–N with tert-alkyl or cyclic N) is 1. The Morgan fingerprint density at radius 1 is 1.24 bits per heavy atom. The number of hydrogen-bond donors (Lipinski definition) is 4. The maximum absolute atomic E-state index is 15.8. The fourth-order valence-electron chi connectivity index (χ4n) is 6.43. The Hall–Kier alpha value is -2.23. The first-order valence-electron chi connectivity index (χ1n) is 12.9. The van der Waals surface area contributed by atoms with E-state index in [1.165, 1.54) is 6.07 Å². The lowest BCUT2D eigenvalue weighted by atomic mass is 9.62. The molecular formula is C28H33Cl2FN4O3. The number of aliphatic hydroxyl groups is 1. The summed E-state index contributed by atoms with van der Waals surface area (Å²) >= 11 is 12.5. The predicted molar refractivity (Wildman–Crippen MR) is 146 cm³/mol. The second kappa shape index (κ2) is 10.1. The van der Waals surface area contributed by atoms with Crippen LogP contribution in [0.25, 0.3) is 0 Å². The van der Waals surface area contributed by atoms with E-state index < -0.39 is 29.2 Å². The summed E-state index contributed by atoms with van der Waals surface area (Å²) in [4.78, 5) is 30.0. The molecule has 2 saturated heterocycles. The molecule has 3 aliphatic rings. The van der Waals surface area contributed by atoms with Gasteiger partial charge in [0.1, 0.15) is 11.2 Å². The van der Waals surface area contributed by atoms with Gasteiger partial charge in [-0.2, -0.15) is 0 Å². The second-order valence-corrected chi connectivity index (χ2v) is 12.6. The summed E-state index contributed by atoms with van der Waals surface area (Å²) in [5.41, 5.74) is -0.0123. The van der Waals surface area contributed by atoms with E-state index in [-0.39, 0.29) is 40.5 Å². The lowest BCUT2D eigenvalue weighted by Crippen LogP contribution is -2.62. The van der Waals surface area contributed by atoms with Crippen LogP contribution in [0.4, 0.5) is 10.1 Å². The van der Waals surface area contributed by atoms with Crippen LogP contribution in [0.1, 0.15) is 44.2 Å². The van der Waals surface area contributed by atoms with Crippen LogP contribution in [0.15, 0.2) is 36.4 Å². The summed E-state index contributed by atoms with van der Waals surface area (Å²) in [5.74, 6) is -2.10. The molecule has 38 heavy (non-hydrogen) atoms. The quantitative estimate of drug-likeness (QED) is 0.431. The predicted octanol–water partition coefficient (Wildman–Crippen LogP) is 3.68. The molecule has 1 spiro atoms. The van der Waals surface area contributed by atoms with Crippen molar-refractivity contribution in [2.24, 2.45) is 5.41 Å². The lowest BCUT2D eigenvalue weighted by Gasteiger charge is -2.40. The molecule has 7 nitrogen and oxygen atoms in total. The van der Waals surface area contributed by atoms with Crippen molar-refractivity contribution in [2.75, 3.05) is 31.6 Å². The standard InChI is InChI=1S/C28H33Cl2FN4O3/c1-27(2,3)12-21-28(18-8-7-15(29)11-20(18)33-26(28)38)22(17-5-4-6-19(30)23(17)31)24(34-21)25(37)32-16-13-35(14-16)9-10-36/h4-8,11,16,21-22,24,34,36H,9-10,12-14H2,1-3H3,(H,32,37)(H,33,38)/t21-,22+,24-,28+/m1/s1. The molecule has 2 amide bonds. The number of benzene rings is 2. The molecule has 4 N–H and O–H groups in total. The van der Waals surface area contributed by atoms with Crippen LogP contribution >= 0.6 is 23.2 Å². The molecule has 0 unspecified atom stereocenters. The molecular weight excluding hydrogens is 530 g/mol. The van der Waals surface area contributed by atoms with Crippen molar-refractivity contribution in [2.45, 2.75) is 56.7 Å². The van der Waals surface area contributed by atoms with E-state index in [0.29, 0.717) is 42.3 Å². The molecule has 2 fully saturated rings. The number of nitrogens with one attached hydrogen (secondary N) is 3. The minimum atomic E-state index is -1.27. The number of fused-ring (bicyclic) bond motifs is 2. The molecule has 0 bridgehead atoms. The zero-order valence-electron chi connectivity index (χ0n) is 21.7. The molecule has 0 saturated carbocycles. The zero-order chi connectivity index (χ0) is 27.4. The van der Waals surface area contributed by atoms with Gasteiger partial charge in [-0.1, -0.05) is 62.2 Å². The number of likely N-dealkylation sites (tertiary alicyclic amines) is 1. The van der Waals surface area contributed by atoms with Gasteiger partial charge in [-0.3, -0.25) is 14.5 Å². The van der Waals surface area contributed by atoms with Crippen molar-refractivity contribution in [3.63, 3.8) is 0 Å². The second-order valence-electron chi connectivity index (χ2n) is 11.8. The van der Waals surface area contributed by atoms with Crippen LogP contribution in [-0.4, -0.2) is 66.2 Å². The molecule has 0 aliphatic carbocycles. The molecule has 5 rings (SSSR count). The summed E-state index contributed by atoms with van der Waals surface area (Å²) in [6.07, 6.45) is 0.554. The van der Waals surface area contributed by atoms with Crippen LogP contribution in [0, 0.1) is 11.2 Å². The average Bonchev–Trinajstić information content (AvgIpc) is 3.28. The van der Waals surface area contributed by atoms with Gasteiger partial charge in [-0.05, 0) is 41.2 Å². The maximum atomic E-state index is 15.8. The van der Waals surface area contributed by atoms with Crippen molar-refractivity contribution in [1.82, 2.24) is 15.5 Å². The van der Waals surface area contributed by atoms with Crippen LogP contribution < -0.4 is 16.0 Å². The zero-order valence-corrected chi connectivity index (χ0v) is 23.2. The van der Waals surface area contributed by atoms with Crippen molar-refractivity contribution in [3.8, 4) is 0 Å². The number of anilines is 1. The number of aliphatic hydroxyl groups excluding tert-OH is 1. The molecule has 3 heterocycles. The molecule has 0 radical (unpaired) electrons. The van der Waals surface area contributed by atoms with Gasteiger partial charge in [0.25, 0.3) is 0 Å². The summed E-state index contributed by atoms with van der Waals surface area (Å²) in [5, 5.41) is 19.1. The van der Waals surface area contributed by atoms with E-state index in [1.807, 2.05) is 4.90 Å². The number of halogens is 3.